The monoisotopic (exact) mass is 241 g/mol. The van der Waals surface area contributed by atoms with Crippen LogP contribution >= 0.6 is 11.3 Å². The van der Waals surface area contributed by atoms with Crippen molar-refractivity contribution < 1.29 is 14.6 Å². The fraction of sp³-hybridized carbons (Fsp3) is 0.545. The molecule has 1 aliphatic rings. The van der Waals surface area contributed by atoms with Gasteiger partial charge in [0.05, 0.1) is 19.6 Å². The number of nitrogens with zero attached hydrogens (tertiary/aromatic N) is 1. The molecule has 0 amide bonds. The average molecular weight is 241 g/mol. The zero-order chi connectivity index (χ0) is 11.4. The van der Waals surface area contributed by atoms with Crippen LogP contribution in [0.1, 0.15) is 12.0 Å². The highest BCUT2D eigenvalue weighted by Gasteiger charge is 2.25. The average Bonchev–Trinajstić information content (AvgIpc) is 2.73. The Hall–Kier alpha value is -0.910. The van der Waals surface area contributed by atoms with Crippen LogP contribution in [0.25, 0.3) is 0 Å². The second-order valence-corrected chi connectivity index (χ2v) is 4.71. The van der Waals surface area contributed by atoms with Crippen LogP contribution in [0.2, 0.25) is 0 Å². The molecule has 0 saturated carbocycles. The minimum absolute atomic E-state index is 0.00569. The Morgan fingerprint density at radius 1 is 1.69 bits per heavy atom. The van der Waals surface area contributed by atoms with Gasteiger partial charge in [-0.1, -0.05) is 0 Å². The first-order valence-corrected chi connectivity index (χ1v) is 6.24. The molecule has 2 heterocycles. The number of carbonyl (C=O) groups is 1. The highest BCUT2D eigenvalue weighted by Crippen LogP contribution is 2.16. The second-order valence-electron chi connectivity index (χ2n) is 3.93. The Morgan fingerprint density at radius 2 is 2.56 bits per heavy atom. The Kier molecular flexibility index (Phi) is 3.93. The van der Waals surface area contributed by atoms with Gasteiger partial charge in [0.2, 0.25) is 0 Å². The normalized spacial score (nSPS) is 22.1. The standard InChI is InChI=1S/C11H15NO3S/c13-11(14)5-10-7-15-3-2-12(10)6-9-1-4-16-8-9/h1,4,8,10H,2-3,5-7H2,(H,13,14)/t10-/m1/s1. The summed E-state index contributed by atoms with van der Waals surface area (Å²) in [4.78, 5) is 12.9. The number of carboxylic acids is 1. The first kappa shape index (κ1) is 11.6. The molecule has 88 valence electrons. The van der Waals surface area contributed by atoms with Crippen molar-refractivity contribution in [3.63, 3.8) is 0 Å². The van der Waals surface area contributed by atoms with Crippen LogP contribution in [-0.2, 0) is 16.1 Å². The van der Waals surface area contributed by atoms with E-state index >= 15 is 0 Å². The number of carboxylic acid groups (broad SMARTS) is 1. The van der Waals surface area contributed by atoms with Crippen molar-refractivity contribution in [2.24, 2.45) is 0 Å². The molecule has 1 aromatic rings. The molecule has 1 N–H and O–H groups in total. The second kappa shape index (κ2) is 5.43. The molecule has 5 heteroatoms. The van der Waals surface area contributed by atoms with E-state index in [1.54, 1.807) is 11.3 Å². The van der Waals surface area contributed by atoms with Crippen molar-refractivity contribution in [2.45, 2.75) is 19.0 Å². The van der Waals surface area contributed by atoms with Gasteiger partial charge in [-0.2, -0.15) is 11.3 Å². The summed E-state index contributed by atoms with van der Waals surface area (Å²) in [5.41, 5.74) is 1.25. The van der Waals surface area contributed by atoms with Crippen molar-refractivity contribution in [3.05, 3.63) is 22.4 Å². The topological polar surface area (TPSA) is 49.8 Å². The minimum atomic E-state index is -0.759. The first-order chi connectivity index (χ1) is 7.75. The van der Waals surface area contributed by atoms with Gasteiger partial charge in [0.1, 0.15) is 0 Å². The van der Waals surface area contributed by atoms with Crippen LogP contribution in [0.5, 0.6) is 0 Å². The number of aliphatic carboxylic acids is 1. The predicted molar refractivity (Wildman–Crippen MR) is 61.6 cm³/mol. The lowest BCUT2D eigenvalue weighted by molar-refractivity contribution is -0.140. The summed E-state index contributed by atoms with van der Waals surface area (Å²) >= 11 is 1.67. The highest BCUT2D eigenvalue weighted by molar-refractivity contribution is 7.07. The summed E-state index contributed by atoms with van der Waals surface area (Å²) in [5.74, 6) is -0.759. The van der Waals surface area contributed by atoms with Crippen LogP contribution in [0.15, 0.2) is 16.8 Å². The van der Waals surface area contributed by atoms with Gasteiger partial charge >= 0.3 is 5.97 Å². The van der Waals surface area contributed by atoms with Gasteiger partial charge < -0.3 is 9.84 Å². The van der Waals surface area contributed by atoms with E-state index in [1.807, 2.05) is 5.38 Å². The molecular weight excluding hydrogens is 226 g/mol. The molecule has 0 unspecified atom stereocenters. The van der Waals surface area contributed by atoms with Crippen molar-refractivity contribution in [2.75, 3.05) is 19.8 Å². The maximum absolute atomic E-state index is 10.7. The van der Waals surface area contributed by atoms with E-state index in [0.29, 0.717) is 13.2 Å². The van der Waals surface area contributed by atoms with Gasteiger partial charge in [-0.25, -0.2) is 0 Å². The third-order valence-electron chi connectivity index (χ3n) is 2.73. The van der Waals surface area contributed by atoms with Crippen LogP contribution < -0.4 is 0 Å². The third-order valence-corrected chi connectivity index (χ3v) is 3.46. The van der Waals surface area contributed by atoms with Gasteiger partial charge in [-0.3, -0.25) is 9.69 Å². The fourth-order valence-electron chi connectivity index (χ4n) is 1.90. The van der Waals surface area contributed by atoms with Crippen LogP contribution in [0.3, 0.4) is 0 Å². The SMILES string of the molecule is O=C(O)C[C@@H]1COCCN1Cc1ccsc1. The van der Waals surface area contributed by atoms with Crippen molar-refractivity contribution in [1.29, 1.82) is 0 Å². The fourth-order valence-corrected chi connectivity index (χ4v) is 2.56. The number of hydrogen-bond donors (Lipinski definition) is 1. The molecule has 0 aliphatic carbocycles. The number of ether oxygens (including phenoxy) is 1. The summed E-state index contributed by atoms with van der Waals surface area (Å²) in [6.45, 7) is 2.86. The molecule has 1 fully saturated rings. The van der Waals surface area contributed by atoms with E-state index in [2.05, 4.69) is 16.3 Å². The number of morpholine rings is 1. The molecule has 4 nitrogen and oxygen atoms in total. The maximum Gasteiger partial charge on any atom is 0.305 e. The Bertz CT molecular complexity index is 339. The molecule has 16 heavy (non-hydrogen) atoms. The molecular formula is C11H15NO3S. The Morgan fingerprint density at radius 3 is 3.25 bits per heavy atom. The first-order valence-electron chi connectivity index (χ1n) is 5.30. The molecule has 0 radical (unpaired) electrons. The van der Waals surface area contributed by atoms with Gasteiger partial charge in [-0.15, -0.1) is 0 Å². The van der Waals surface area contributed by atoms with Gasteiger partial charge in [0, 0.05) is 19.1 Å². The largest absolute Gasteiger partial charge is 0.481 e. The Balaban J connectivity index is 1.96. The van der Waals surface area contributed by atoms with E-state index in [9.17, 15) is 4.79 Å². The highest BCUT2D eigenvalue weighted by atomic mass is 32.1. The van der Waals surface area contributed by atoms with Crippen molar-refractivity contribution >= 4 is 17.3 Å². The zero-order valence-corrected chi connectivity index (χ0v) is 9.78. The quantitative estimate of drug-likeness (QED) is 0.866. The lowest BCUT2D eigenvalue weighted by Gasteiger charge is -2.34. The van der Waals surface area contributed by atoms with Crippen LogP contribution in [0.4, 0.5) is 0 Å². The molecule has 0 bridgehead atoms. The smallest absolute Gasteiger partial charge is 0.305 e. The number of hydrogen-bond acceptors (Lipinski definition) is 4. The van der Waals surface area contributed by atoms with Crippen molar-refractivity contribution in [1.82, 2.24) is 4.90 Å². The van der Waals surface area contributed by atoms with E-state index in [0.717, 1.165) is 13.1 Å². The third kappa shape index (κ3) is 3.04. The molecule has 0 spiro atoms. The van der Waals surface area contributed by atoms with E-state index in [4.69, 9.17) is 9.84 Å². The number of thiophene rings is 1. The van der Waals surface area contributed by atoms with E-state index in [-0.39, 0.29) is 12.5 Å². The summed E-state index contributed by atoms with van der Waals surface area (Å²) in [6, 6.07) is 2.09. The molecule has 1 atom stereocenters. The van der Waals surface area contributed by atoms with Gasteiger partial charge in [0.25, 0.3) is 0 Å². The molecule has 1 aliphatic heterocycles. The molecule has 1 saturated heterocycles. The van der Waals surface area contributed by atoms with Crippen LogP contribution in [-0.4, -0.2) is 41.8 Å². The van der Waals surface area contributed by atoms with Gasteiger partial charge in [0.15, 0.2) is 0 Å². The summed E-state index contributed by atoms with van der Waals surface area (Å²) in [6.07, 6.45) is 0.157. The lowest BCUT2D eigenvalue weighted by atomic mass is 10.1. The molecule has 1 aromatic heterocycles. The Labute approximate surface area is 98.4 Å². The van der Waals surface area contributed by atoms with Crippen molar-refractivity contribution in [3.8, 4) is 0 Å². The van der Waals surface area contributed by atoms with Gasteiger partial charge in [-0.05, 0) is 22.4 Å². The lowest BCUT2D eigenvalue weighted by Crippen LogP contribution is -2.45. The van der Waals surface area contributed by atoms with E-state index < -0.39 is 5.97 Å². The number of rotatable bonds is 4. The molecule has 2 rings (SSSR count). The summed E-state index contributed by atoms with van der Waals surface area (Å²) in [7, 11) is 0. The van der Waals surface area contributed by atoms with E-state index in [1.165, 1.54) is 5.56 Å². The van der Waals surface area contributed by atoms with Crippen LogP contribution in [0, 0.1) is 0 Å². The summed E-state index contributed by atoms with van der Waals surface area (Å²) < 4.78 is 5.33. The minimum Gasteiger partial charge on any atom is -0.481 e. The molecule has 0 aromatic carbocycles. The predicted octanol–water partition coefficient (Wildman–Crippen LogP) is 1.42. The maximum atomic E-state index is 10.7. The zero-order valence-electron chi connectivity index (χ0n) is 8.96. The summed E-state index contributed by atoms with van der Waals surface area (Å²) in [5, 5.41) is 13.0.